The Morgan fingerprint density at radius 2 is 1.79 bits per heavy atom. The van der Waals surface area contributed by atoms with E-state index in [1.165, 1.54) is 9.80 Å². The van der Waals surface area contributed by atoms with Crippen LogP contribution in [0.5, 0.6) is 0 Å². The van der Waals surface area contributed by atoms with Crippen LogP contribution in [0, 0.1) is 0 Å². The molecular formula is C21H22N4O4. The van der Waals surface area contributed by atoms with Gasteiger partial charge in [-0.25, -0.2) is 4.98 Å². The average Bonchev–Trinajstić information content (AvgIpc) is 3.22. The third kappa shape index (κ3) is 3.91. The molecule has 150 valence electrons. The number of pyridine rings is 1. The number of hydrogen-bond donors (Lipinski definition) is 1. The van der Waals surface area contributed by atoms with E-state index in [1.807, 2.05) is 12.1 Å². The fourth-order valence-electron chi connectivity index (χ4n) is 3.81. The second kappa shape index (κ2) is 7.90. The molecule has 3 heterocycles. The van der Waals surface area contributed by atoms with Crippen LogP contribution in [0.25, 0.3) is 0 Å². The Morgan fingerprint density at radius 3 is 2.48 bits per heavy atom. The molecule has 0 atom stereocenters. The van der Waals surface area contributed by atoms with Crippen molar-refractivity contribution in [2.24, 2.45) is 0 Å². The fraction of sp³-hybridized carbons (Fsp3) is 0.333. The van der Waals surface area contributed by atoms with Gasteiger partial charge < -0.3 is 14.9 Å². The van der Waals surface area contributed by atoms with Crippen molar-refractivity contribution in [3.05, 3.63) is 53.7 Å². The number of carbonyl (C=O) groups excluding carboxylic acids is 2. The number of nitrogens with zero attached hydrogens (tertiary/aromatic N) is 4. The number of fused-ring (bicyclic) bond motifs is 1. The summed E-state index contributed by atoms with van der Waals surface area (Å²) in [7, 11) is 0. The fourth-order valence-corrected chi connectivity index (χ4v) is 3.81. The highest BCUT2D eigenvalue weighted by molar-refractivity contribution is 6.09. The van der Waals surface area contributed by atoms with Gasteiger partial charge in [0.15, 0.2) is 0 Å². The van der Waals surface area contributed by atoms with Crippen LogP contribution in [0.3, 0.4) is 0 Å². The van der Waals surface area contributed by atoms with Crippen LogP contribution in [-0.2, 0) is 16.1 Å². The van der Waals surface area contributed by atoms with Gasteiger partial charge >= 0.3 is 5.97 Å². The first-order valence-electron chi connectivity index (χ1n) is 9.63. The first-order chi connectivity index (χ1) is 14.0. The molecule has 2 aliphatic heterocycles. The maximum absolute atomic E-state index is 13.2. The number of aliphatic carboxylic acids is 1. The lowest BCUT2D eigenvalue weighted by Crippen LogP contribution is -2.41. The zero-order valence-corrected chi connectivity index (χ0v) is 16.0. The summed E-state index contributed by atoms with van der Waals surface area (Å²) < 4.78 is 0. The van der Waals surface area contributed by atoms with E-state index in [0.29, 0.717) is 11.3 Å². The van der Waals surface area contributed by atoms with Gasteiger partial charge in [0.25, 0.3) is 5.91 Å². The predicted molar refractivity (Wildman–Crippen MR) is 107 cm³/mol. The van der Waals surface area contributed by atoms with Crippen LogP contribution in [0.15, 0.2) is 42.6 Å². The van der Waals surface area contributed by atoms with Crippen molar-refractivity contribution in [3.8, 4) is 0 Å². The lowest BCUT2D eigenvalue weighted by molar-refractivity contribution is -0.144. The number of carboxylic acid groups (broad SMARTS) is 1. The molecule has 29 heavy (non-hydrogen) atoms. The lowest BCUT2D eigenvalue weighted by Gasteiger charge is -2.22. The van der Waals surface area contributed by atoms with E-state index >= 15 is 0 Å². The number of para-hydroxylation sites is 1. The number of carboxylic acids is 1. The minimum Gasteiger partial charge on any atom is -0.480 e. The van der Waals surface area contributed by atoms with Gasteiger partial charge in [0.1, 0.15) is 18.9 Å². The second-order valence-electron chi connectivity index (χ2n) is 7.26. The summed E-state index contributed by atoms with van der Waals surface area (Å²) in [5.41, 5.74) is 1.74. The van der Waals surface area contributed by atoms with Crippen LogP contribution in [0.2, 0.25) is 0 Å². The average molecular weight is 394 g/mol. The zero-order chi connectivity index (χ0) is 20.4. The Morgan fingerprint density at radius 1 is 1.03 bits per heavy atom. The Kier molecular flexibility index (Phi) is 5.16. The molecule has 2 amide bonds. The molecule has 8 heteroatoms. The Balaban J connectivity index is 1.62. The number of carbonyl (C=O) groups is 3. The van der Waals surface area contributed by atoms with Crippen molar-refractivity contribution in [2.75, 3.05) is 36.0 Å². The number of hydrogen-bond acceptors (Lipinski definition) is 5. The molecule has 0 radical (unpaired) electrons. The SMILES string of the molecule is O=C(O)CN1Cc2ccccc2N(C(=O)c2ccc(N3CCCC3)nc2)CC1=O. The number of amides is 2. The van der Waals surface area contributed by atoms with Gasteiger partial charge in [-0.05, 0) is 36.6 Å². The molecule has 0 saturated carbocycles. The van der Waals surface area contributed by atoms with Crippen LogP contribution < -0.4 is 9.80 Å². The summed E-state index contributed by atoms with van der Waals surface area (Å²) in [4.78, 5) is 46.3. The van der Waals surface area contributed by atoms with Gasteiger partial charge in [0.05, 0.1) is 5.56 Å². The maximum atomic E-state index is 13.2. The smallest absolute Gasteiger partial charge is 0.323 e. The highest BCUT2D eigenvalue weighted by atomic mass is 16.4. The van der Waals surface area contributed by atoms with E-state index in [9.17, 15) is 14.4 Å². The van der Waals surface area contributed by atoms with E-state index in [2.05, 4.69) is 9.88 Å². The minimum atomic E-state index is -1.09. The van der Waals surface area contributed by atoms with Crippen LogP contribution >= 0.6 is 0 Å². The molecule has 4 rings (SSSR count). The highest BCUT2D eigenvalue weighted by Crippen LogP contribution is 2.27. The van der Waals surface area contributed by atoms with Gasteiger partial charge in [-0.1, -0.05) is 18.2 Å². The molecule has 0 bridgehead atoms. The number of benzene rings is 1. The molecule has 0 aliphatic carbocycles. The number of aromatic nitrogens is 1. The Bertz CT molecular complexity index is 938. The Hall–Kier alpha value is -3.42. The molecule has 1 aromatic heterocycles. The van der Waals surface area contributed by atoms with E-state index < -0.39 is 18.4 Å². The number of rotatable bonds is 4. The summed E-state index contributed by atoms with van der Waals surface area (Å²) in [5.74, 6) is -0.974. The van der Waals surface area contributed by atoms with Crippen molar-refractivity contribution < 1.29 is 19.5 Å². The van der Waals surface area contributed by atoms with Crippen LogP contribution in [0.1, 0.15) is 28.8 Å². The third-order valence-corrected chi connectivity index (χ3v) is 5.29. The molecule has 1 N–H and O–H groups in total. The van der Waals surface area contributed by atoms with Gasteiger partial charge in [-0.15, -0.1) is 0 Å². The quantitative estimate of drug-likeness (QED) is 0.849. The molecule has 1 aromatic carbocycles. The summed E-state index contributed by atoms with van der Waals surface area (Å²) in [6.07, 6.45) is 3.83. The van der Waals surface area contributed by atoms with E-state index in [4.69, 9.17) is 5.11 Å². The van der Waals surface area contributed by atoms with Crippen molar-refractivity contribution in [1.29, 1.82) is 0 Å². The lowest BCUT2D eigenvalue weighted by atomic mass is 10.1. The third-order valence-electron chi connectivity index (χ3n) is 5.29. The summed E-state index contributed by atoms with van der Waals surface area (Å²) in [6, 6.07) is 10.7. The summed E-state index contributed by atoms with van der Waals surface area (Å²) >= 11 is 0. The van der Waals surface area contributed by atoms with E-state index in [1.54, 1.807) is 30.5 Å². The van der Waals surface area contributed by atoms with Gasteiger partial charge in [-0.3, -0.25) is 19.3 Å². The highest BCUT2D eigenvalue weighted by Gasteiger charge is 2.30. The van der Waals surface area contributed by atoms with Crippen molar-refractivity contribution >= 4 is 29.3 Å². The monoisotopic (exact) mass is 394 g/mol. The molecular weight excluding hydrogens is 372 g/mol. The van der Waals surface area contributed by atoms with E-state index in [0.717, 1.165) is 37.3 Å². The largest absolute Gasteiger partial charge is 0.480 e. The normalized spacial score (nSPS) is 16.6. The molecule has 2 aliphatic rings. The first-order valence-corrected chi connectivity index (χ1v) is 9.63. The first kappa shape index (κ1) is 18.9. The summed E-state index contributed by atoms with van der Waals surface area (Å²) in [6.45, 7) is 1.47. The van der Waals surface area contributed by atoms with Gasteiger partial charge in [-0.2, -0.15) is 0 Å². The molecule has 0 spiro atoms. The number of anilines is 2. The van der Waals surface area contributed by atoms with Crippen LogP contribution in [0.4, 0.5) is 11.5 Å². The summed E-state index contributed by atoms with van der Waals surface area (Å²) in [5, 5.41) is 9.11. The molecule has 0 unspecified atom stereocenters. The van der Waals surface area contributed by atoms with Gasteiger partial charge in [0.2, 0.25) is 5.91 Å². The van der Waals surface area contributed by atoms with Crippen LogP contribution in [-0.4, -0.2) is 59.0 Å². The van der Waals surface area contributed by atoms with Crippen molar-refractivity contribution in [1.82, 2.24) is 9.88 Å². The molecule has 2 aromatic rings. The zero-order valence-electron chi connectivity index (χ0n) is 16.0. The molecule has 8 nitrogen and oxygen atoms in total. The van der Waals surface area contributed by atoms with E-state index in [-0.39, 0.29) is 19.0 Å². The molecule has 1 saturated heterocycles. The standard InChI is InChI=1S/C21H22N4O4/c26-19-13-25(17-6-2-1-5-16(17)12-24(19)14-20(27)28)21(29)15-7-8-18(22-11-15)23-9-3-4-10-23/h1-2,5-8,11H,3-4,9-10,12-14H2,(H,27,28). The maximum Gasteiger partial charge on any atom is 0.323 e. The predicted octanol–water partition coefficient (Wildman–Crippen LogP) is 1.76. The topological polar surface area (TPSA) is 94.1 Å². The van der Waals surface area contributed by atoms with Crippen molar-refractivity contribution in [2.45, 2.75) is 19.4 Å². The Labute approximate surface area is 168 Å². The van der Waals surface area contributed by atoms with Crippen molar-refractivity contribution in [3.63, 3.8) is 0 Å². The molecule has 1 fully saturated rings. The minimum absolute atomic E-state index is 0.150. The second-order valence-corrected chi connectivity index (χ2v) is 7.26. The van der Waals surface area contributed by atoms with Gasteiger partial charge in [0, 0.05) is 31.5 Å².